The summed E-state index contributed by atoms with van der Waals surface area (Å²) in [5, 5.41) is 0. The first-order valence-electron chi connectivity index (χ1n) is 6.45. The predicted octanol–water partition coefficient (Wildman–Crippen LogP) is 1.77. The lowest BCUT2D eigenvalue weighted by atomic mass is 9.92. The number of imide groups is 1. The lowest BCUT2D eigenvalue weighted by Gasteiger charge is -2.17. The zero-order valence-electron chi connectivity index (χ0n) is 11.9. The second kappa shape index (κ2) is 5.41. The van der Waals surface area contributed by atoms with Crippen LogP contribution in [0.4, 0.5) is 5.69 Å². The molecule has 1 saturated heterocycles. The second-order valence-electron chi connectivity index (χ2n) is 5.42. The number of carbonyl (C=O) groups is 3. The number of anilines is 1. The fraction of sp³-hybridized carbons (Fsp3) is 0.312. The van der Waals surface area contributed by atoms with Crippen LogP contribution in [-0.4, -0.2) is 24.4 Å². The summed E-state index contributed by atoms with van der Waals surface area (Å²) < 4.78 is 4.80. The number of rotatable bonds is 3. The molecule has 2 rings (SSSR count). The van der Waals surface area contributed by atoms with Crippen LogP contribution in [0.2, 0.25) is 0 Å². The molecule has 108 valence electrons. The van der Waals surface area contributed by atoms with Gasteiger partial charge >= 0.3 is 5.97 Å². The first-order chi connectivity index (χ1) is 9.86. The molecule has 0 radical (unpaired) electrons. The van der Waals surface area contributed by atoms with E-state index in [1.165, 1.54) is 12.1 Å². The molecule has 0 bridgehead atoms. The Hall–Kier alpha value is -2.61. The highest BCUT2D eigenvalue weighted by Crippen LogP contribution is 2.35. The van der Waals surface area contributed by atoms with E-state index in [1.807, 2.05) is 0 Å². The minimum absolute atomic E-state index is 0.0993. The molecule has 1 aliphatic heterocycles. The van der Waals surface area contributed by atoms with Crippen molar-refractivity contribution in [2.75, 3.05) is 11.5 Å². The fourth-order valence-electron chi connectivity index (χ4n) is 2.15. The molecule has 0 spiro atoms. The third kappa shape index (κ3) is 2.79. The van der Waals surface area contributed by atoms with Gasteiger partial charge in [0.25, 0.3) is 0 Å². The normalized spacial score (nSPS) is 16.7. The van der Waals surface area contributed by atoms with Crippen molar-refractivity contribution in [1.29, 1.82) is 0 Å². The molecule has 0 N–H and O–H groups in total. The maximum atomic E-state index is 12.2. The number of hydrogen-bond acceptors (Lipinski definition) is 4. The number of terminal acetylenes is 1. The third-order valence-corrected chi connectivity index (χ3v) is 3.27. The van der Waals surface area contributed by atoms with Crippen LogP contribution in [0.5, 0.6) is 0 Å². The fourth-order valence-corrected chi connectivity index (χ4v) is 2.15. The van der Waals surface area contributed by atoms with E-state index >= 15 is 0 Å². The van der Waals surface area contributed by atoms with Crippen molar-refractivity contribution in [2.45, 2.75) is 20.3 Å². The van der Waals surface area contributed by atoms with Crippen LogP contribution >= 0.6 is 0 Å². The highest BCUT2D eigenvalue weighted by molar-refractivity contribution is 6.22. The van der Waals surface area contributed by atoms with Gasteiger partial charge in [-0.2, -0.15) is 0 Å². The van der Waals surface area contributed by atoms with E-state index in [4.69, 9.17) is 11.2 Å². The highest BCUT2D eigenvalue weighted by atomic mass is 16.5. The van der Waals surface area contributed by atoms with E-state index in [1.54, 1.807) is 26.0 Å². The zero-order chi connectivity index (χ0) is 15.6. The maximum absolute atomic E-state index is 12.2. The molecule has 0 aromatic heterocycles. The Bertz CT molecular complexity index is 637. The van der Waals surface area contributed by atoms with Crippen molar-refractivity contribution in [3.8, 4) is 12.3 Å². The first-order valence-corrected chi connectivity index (χ1v) is 6.45. The first kappa shape index (κ1) is 14.8. The van der Waals surface area contributed by atoms with Crippen molar-refractivity contribution in [3.63, 3.8) is 0 Å². The minimum atomic E-state index is -0.693. The van der Waals surface area contributed by atoms with Gasteiger partial charge in [-0.15, -0.1) is 6.42 Å². The average molecular weight is 285 g/mol. The summed E-state index contributed by atoms with van der Waals surface area (Å²) in [5.74, 6) is 1.18. The minimum Gasteiger partial charge on any atom is -0.449 e. The van der Waals surface area contributed by atoms with E-state index < -0.39 is 11.4 Å². The van der Waals surface area contributed by atoms with E-state index in [0.717, 1.165) is 4.90 Å². The molecule has 5 heteroatoms. The van der Waals surface area contributed by atoms with E-state index in [9.17, 15) is 14.4 Å². The molecule has 2 amide bonds. The largest absolute Gasteiger partial charge is 0.449 e. The number of nitrogens with zero attached hydrogens (tertiary/aromatic N) is 1. The summed E-state index contributed by atoms with van der Waals surface area (Å²) in [4.78, 5) is 36.9. The smallest absolute Gasteiger partial charge is 0.339 e. The molecule has 1 aliphatic rings. The molecule has 21 heavy (non-hydrogen) atoms. The Labute approximate surface area is 122 Å². The van der Waals surface area contributed by atoms with Crippen LogP contribution in [-0.2, 0) is 14.3 Å². The zero-order valence-corrected chi connectivity index (χ0v) is 11.9. The quantitative estimate of drug-likeness (QED) is 0.482. The van der Waals surface area contributed by atoms with Gasteiger partial charge in [0.2, 0.25) is 11.8 Å². The summed E-state index contributed by atoms with van der Waals surface area (Å²) in [5.41, 5.74) is 0.0676. The Morgan fingerprint density at radius 1 is 1.33 bits per heavy atom. The van der Waals surface area contributed by atoms with Gasteiger partial charge in [0.05, 0.1) is 16.7 Å². The van der Waals surface area contributed by atoms with Gasteiger partial charge < -0.3 is 4.74 Å². The van der Waals surface area contributed by atoms with Gasteiger partial charge in [0.1, 0.15) is 0 Å². The monoisotopic (exact) mass is 285 g/mol. The van der Waals surface area contributed by atoms with Crippen LogP contribution in [0.15, 0.2) is 24.3 Å². The standard InChI is InChI=1S/C16H15NO4/c1-4-9-21-14(19)11-5-7-12(8-6-11)17-13(18)10-16(2,3)15(17)20/h1,5-8H,9-10H2,2-3H3. The molecular weight excluding hydrogens is 270 g/mol. The summed E-state index contributed by atoms with van der Waals surface area (Å²) in [6, 6.07) is 6.09. The van der Waals surface area contributed by atoms with Gasteiger partial charge in [-0.3, -0.25) is 14.5 Å². The summed E-state index contributed by atoms with van der Waals surface area (Å²) in [6.45, 7) is 3.37. The number of ether oxygens (including phenoxy) is 1. The number of amides is 2. The van der Waals surface area contributed by atoms with E-state index in [0.29, 0.717) is 11.3 Å². The van der Waals surface area contributed by atoms with Crippen LogP contribution in [0, 0.1) is 17.8 Å². The van der Waals surface area contributed by atoms with Gasteiger partial charge in [0, 0.05) is 6.42 Å². The molecular formula is C16H15NO4. The van der Waals surface area contributed by atoms with Gasteiger partial charge in [-0.25, -0.2) is 4.79 Å². The second-order valence-corrected chi connectivity index (χ2v) is 5.42. The molecule has 0 aliphatic carbocycles. The van der Waals surface area contributed by atoms with Crippen molar-refractivity contribution >= 4 is 23.5 Å². The molecule has 1 aromatic rings. The van der Waals surface area contributed by atoms with Crippen molar-refractivity contribution in [3.05, 3.63) is 29.8 Å². The highest BCUT2D eigenvalue weighted by Gasteiger charge is 2.45. The number of hydrogen-bond donors (Lipinski definition) is 0. The maximum Gasteiger partial charge on any atom is 0.339 e. The van der Waals surface area contributed by atoms with Gasteiger partial charge in [-0.1, -0.05) is 19.8 Å². The van der Waals surface area contributed by atoms with Gasteiger partial charge in [-0.05, 0) is 24.3 Å². The SMILES string of the molecule is C#CCOC(=O)c1ccc(N2C(=O)CC(C)(C)C2=O)cc1. The van der Waals surface area contributed by atoms with Crippen LogP contribution in [0.25, 0.3) is 0 Å². The molecule has 0 saturated carbocycles. The van der Waals surface area contributed by atoms with Crippen molar-refractivity contribution < 1.29 is 19.1 Å². The topological polar surface area (TPSA) is 63.7 Å². The molecule has 1 aromatic carbocycles. The Kier molecular flexibility index (Phi) is 3.81. The van der Waals surface area contributed by atoms with Crippen molar-refractivity contribution in [2.24, 2.45) is 5.41 Å². The molecule has 1 heterocycles. The summed E-state index contributed by atoms with van der Waals surface area (Å²) in [7, 11) is 0. The van der Waals surface area contributed by atoms with Crippen molar-refractivity contribution in [1.82, 2.24) is 0 Å². The Balaban J connectivity index is 2.20. The average Bonchev–Trinajstić information content (AvgIpc) is 2.65. The van der Waals surface area contributed by atoms with Gasteiger partial charge in [0.15, 0.2) is 6.61 Å². The van der Waals surface area contributed by atoms with E-state index in [-0.39, 0.29) is 24.8 Å². The molecule has 5 nitrogen and oxygen atoms in total. The summed E-state index contributed by atoms with van der Waals surface area (Å²) >= 11 is 0. The predicted molar refractivity (Wildman–Crippen MR) is 76.4 cm³/mol. The van der Waals surface area contributed by atoms with Crippen LogP contribution < -0.4 is 4.90 Å². The van der Waals surface area contributed by atoms with Crippen LogP contribution in [0.3, 0.4) is 0 Å². The molecule has 1 fully saturated rings. The lowest BCUT2D eigenvalue weighted by molar-refractivity contribution is -0.124. The third-order valence-electron chi connectivity index (χ3n) is 3.27. The number of carbonyl (C=O) groups excluding carboxylic acids is 3. The number of benzene rings is 1. The Morgan fingerprint density at radius 3 is 2.43 bits per heavy atom. The molecule has 0 atom stereocenters. The van der Waals surface area contributed by atoms with E-state index in [2.05, 4.69) is 5.92 Å². The van der Waals surface area contributed by atoms with Crippen LogP contribution in [0.1, 0.15) is 30.6 Å². The Morgan fingerprint density at radius 2 is 1.95 bits per heavy atom. The number of esters is 1. The molecule has 0 unspecified atom stereocenters. The lowest BCUT2D eigenvalue weighted by Crippen LogP contribution is -2.32. The summed E-state index contributed by atoms with van der Waals surface area (Å²) in [6.07, 6.45) is 5.19.